The molecule has 0 radical (unpaired) electrons. The molecule has 2 heterocycles. The van der Waals surface area contributed by atoms with E-state index < -0.39 is 0 Å². The van der Waals surface area contributed by atoms with Crippen molar-refractivity contribution in [1.82, 2.24) is 10.2 Å². The van der Waals surface area contributed by atoms with Crippen molar-refractivity contribution >= 4 is 23.3 Å². The number of nitrogens with zero attached hydrogens (tertiary/aromatic N) is 1. The molecule has 2 aromatic rings. The van der Waals surface area contributed by atoms with Crippen molar-refractivity contribution in [2.24, 2.45) is 0 Å². The van der Waals surface area contributed by atoms with Crippen molar-refractivity contribution in [1.29, 1.82) is 0 Å². The number of rotatable bonds is 7. The minimum absolute atomic E-state index is 0.0392. The molecule has 0 unspecified atom stereocenters. The van der Waals surface area contributed by atoms with Crippen LogP contribution in [0.4, 0.5) is 0 Å². The van der Waals surface area contributed by atoms with Crippen LogP contribution in [-0.2, 0) is 11.4 Å². The Labute approximate surface area is 159 Å². The lowest BCUT2D eigenvalue weighted by molar-refractivity contribution is -0.116. The van der Waals surface area contributed by atoms with Crippen LogP contribution in [0.15, 0.2) is 47.9 Å². The molecule has 26 heavy (non-hydrogen) atoms. The van der Waals surface area contributed by atoms with E-state index in [1.54, 1.807) is 12.2 Å². The van der Waals surface area contributed by atoms with Gasteiger partial charge in [-0.05, 0) is 60.5 Å². The molecular weight excluding hydrogens is 344 g/mol. The highest BCUT2D eigenvalue weighted by atomic mass is 32.1. The molecule has 1 aliphatic heterocycles. The number of aliphatic hydroxyl groups is 1. The predicted octanol–water partition coefficient (Wildman–Crippen LogP) is 3.25. The normalized spacial score (nSPS) is 16.2. The van der Waals surface area contributed by atoms with Crippen LogP contribution in [0.2, 0.25) is 0 Å². The lowest BCUT2D eigenvalue weighted by atomic mass is 9.89. The van der Waals surface area contributed by atoms with Crippen molar-refractivity contribution in [3.63, 3.8) is 0 Å². The second kappa shape index (κ2) is 9.67. The molecule has 4 nitrogen and oxygen atoms in total. The van der Waals surface area contributed by atoms with Gasteiger partial charge in [0.1, 0.15) is 0 Å². The third-order valence-corrected chi connectivity index (χ3v) is 5.79. The van der Waals surface area contributed by atoms with E-state index in [4.69, 9.17) is 5.11 Å². The fraction of sp³-hybridized carbons (Fsp3) is 0.381. The number of hydrogen-bond acceptors (Lipinski definition) is 4. The Balaban J connectivity index is 1.34. The zero-order valence-electron chi connectivity index (χ0n) is 14.9. The van der Waals surface area contributed by atoms with Crippen LogP contribution in [0.1, 0.15) is 34.8 Å². The molecule has 0 atom stereocenters. The Bertz CT molecular complexity index is 719. The summed E-state index contributed by atoms with van der Waals surface area (Å²) in [6, 6.07) is 12.6. The van der Waals surface area contributed by atoms with Gasteiger partial charge in [0.2, 0.25) is 5.91 Å². The number of thiophene rings is 1. The molecule has 3 rings (SSSR count). The SMILES string of the molecule is O=C(C=Cc1cc(CO)cs1)NCCN1CCC(c2ccccc2)CC1. The van der Waals surface area contributed by atoms with Gasteiger partial charge in [-0.1, -0.05) is 30.3 Å². The molecule has 0 saturated carbocycles. The molecule has 1 aliphatic rings. The topological polar surface area (TPSA) is 52.6 Å². The number of likely N-dealkylation sites (tertiary alicyclic amines) is 1. The van der Waals surface area contributed by atoms with Crippen LogP contribution in [0.3, 0.4) is 0 Å². The minimum atomic E-state index is -0.0666. The van der Waals surface area contributed by atoms with Gasteiger partial charge in [0.05, 0.1) is 6.61 Å². The van der Waals surface area contributed by atoms with E-state index in [1.165, 1.54) is 29.7 Å². The maximum atomic E-state index is 11.9. The van der Waals surface area contributed by atoms with Crippen molar-refractivity contribution in [3.05, 3.63) is 63.9 Å². The first kappa shape index (κ1) is 18.8. The second-order valence-electron chi connectivity index (χ2n) is 6.67. The van der Waals surface area contributed by atoms with Crippen LogP contribution in [0.25, 0.3) is 6.08 Å². The Hall–Kier alpha value is -1.95. The van der Waals surface area contributed by atoms with Crippen molar-refractivity contribution in [2.75, 3.05) is 26.2 Å². The minimum Gasteiger partial charge on any atom is -0.392 e. The lowest BCUT2D eigenvalue weighted by Gasteiger charge is -2.32. The third kappa shape index (κ3) is 5.53. The molecule has 1 saturated heterocycles. The Morgan fingerprint density at radius 3 is 2.73 bits per heavy atom. The summed E-state index contributed by atoms with van der Waals surface area (Å²) >= 11 is 1.53. The van der Waals surface area contributed by atoms with Crippen molar-refractivity contribution in [2.45, 2.75) is 25.4 Å². The number of aliphatic hydroxyl groups excluding tert-OH is 1. The van der Waals surface area contributed by atoms with Crippen LogP contribution in [0, 0.1) is 0 Å². The summed E-state index contributed by atoms with van der Waals surface area (Å²) in [7, 11) is 0. The molecule has 1 aromatic carbocycles. The number of piperidine rings is 1. The Morgan fingerprint density at radius 2 is 2.04 bits per heavy atom. The summed E-state index contributed by atoms with van der Waals surface area (Å²) in [6.45, 7) is 3.78. The predicted molar refractivity (Wildman–Crippen MR) is 107 cm³/mol. The number of hydrogen-bond donors (Lipinski definition) is 2. The first-order valence-corrected chi connectivity index (χ1v) is 10.0. The van der Waals surface area contributed by atoms with Gasteiger partial charge in [0, 0.05) is 24.0 Å². The smallest absolute Gasteiger partial charge is 0.244 e. The largest absolute Gasteiger partial charge is 0.392 e. The van der Waals surface area contributed by atoms with Gasteiger partial charge >= 0.3 is 0 Å². The molecule has 1 aromatic heterocycles. The maximum Gasteiger partial charge on any atom is 0.244 e. The van der Waals surface area contributed by atoms with E-state index in [0.29, 0.717) is 12.5 Å². The molecule has 5 heteroatoms. The second-order valence-corrected chi connectivity index (χ2v) is 7.61. The summed E-state index contributed by atoms with van der Waals surface area (Å²) < 4.78 is 0. The van der Waals surface area contributed by atoms with Gasteiger partial charge in [-0.25, -0.2) is 0 Å². The number of carbonyl (C=O) groups excluding carboxylic acids is 1. The molecule has 0 spiro atoms. The fourth-order valence-electron chi connectivity index (χ4n) is 3.33. The highest BCUT2D eigenvalue weighted by molar-refractivity contribution is 7.11. The van der Waals surface area contributed by atoms with Gasteiger partial charge in [-0.15, -0.1) is 11.3 Å². The van der Waals surface area contributed by atoms with Gasteiger partial charge in [-0.2, -0.15) is 0 Å². The van der Waals surface area contributed by atoms with E-state index in [0.717, 1.165) is 30.1 Å². The van der Waals surface area contributed by atoms with Gasteiger partial charge in [-0.3, -0.25) is 4.79 Å². The van der Waals surface area contributed by atoms with E-state index in [-0.39, 0.29) is 12.5 Å². The van der Waals surface area contributed by atoms with Crippen molar-refractivity contribution < 1.29 is 9.90 Å². The molecular formula is C21H26N2O2S. The number of amides is 1. The Kier molecular flexibility index (Phi) is 7.00. The summed E-state index contributed by atoms with van der Waals surface area (Å²) in [4.78, 5) is 15.3. The molecule has 0 aliphatic carbocycles. The molecule has 2 N–H and O–H groups in total. The standard InChI is InChI=1S/C21H26N2O2S/c24-15-17-14-20(26-16-17)6-7-21(25)22-10-13-23-11-8-19(9-12-23)18-4-2-1-3-5-18/h1-7,14,16,19,24H,8-13,15H2,(H,22,25). The summed E-state index contributed by atoms with van der Waals surface area (Å²) in [5, 5.41) is 13.9. The summed E-state index contributed by atoms with van der Waals surface area (Å²) in [5.41, 5.74) is 2.33. The van der Waals surface area contributed by atoms with E-state index in [9.17, 15) is 4.79 Å². The highest BCUT2D eigenvalue weighted by Gasteiger charge is 2.19. The fourth-order valence-corrected chi connectivity index (χ4v) is 4.13. The van der Waals surface area contributed by atoms with Gasteiger partial charge in [0.25, 0.3) is 0 Å². The van der Waals surface area contributed by atoms with Crippen LogP contribution >= 0.6 is 11.3 Å². The monoisotopic (exact) mass is 370 g/mol. The van der Waals surface area contributed by atoms with Crippen LogP contribution in [-0.4, -0.2) is 42.1 Å². The first-order valence-electron chi connectivity index (χ1n) is 9.16. The third-order valence-electron chi connectivity index (χ3n) is 4.84. The van der Waals surface area contributed by atoms with Gasteiger partial charge in [0.15, 0.2) is 0 Å². The molecule has 1 fully saturated rings. The molecule has 1 amide bonds. The van der Waals surface area contributed by atoms with Crippen molar-refractivity contribution in [3.8, 4) is 0 Å². The number of benzene rings is 1. The zero-order chi connectivity index (χ0) is 18.2. The molecule has 0 bridgehead atoms. The van der Waals surface area contributed by atoms with E-state index >= 15 is 0 Å². The molecule has 138 valence electrons. The summed E-state index contributed by atoms with van der Waals surface area (Å²) in [5.74, 6) is 0.600. The Morgan fingerprint density at radius 1 is 1.27 bits per heavy atom. The van der Waals surface area contributed by atoms with Crippen LogP contribution in [0.5, 0.6) is 0 Å². The van der Waals surface area contributed by atoms with Crippen LogP contribution < -0.4 is 5.32 Å². The lowest BCUT2D eigenvalue weighted by Crippen LogP contribution is -2.38. The number of carbonyl (C=O) groups is 1. The highest BCUT2D eigenvalue weighted by Crippen LogP contribution is 2.27. The summed E-state index contributed by atoms with van der Waals surface area (Å²) in [6.07, 6.45) is 5.73. The quantitative estimate of drug-likeness (QED) is 0.736. The zero-order valence-corrected chi connectivity index (χ0v) is 15.8. The van der Waals surface area contributed by atoms with E-state index in [2.05, 4.69) is 40.5 Å². The average Bonchev–Trinajstić information content (AvgIpc) is 3.16. The first-order chi connectivity index (χ1) is 12.7. The van der Waals surface area contributed by atoms with E-state index in [1.807, 2.05) is 11.4 Å². The average molecular weight is 371 g/mol. The number of nitrogens with one attached hydrogen (secondary N) is 1. The maximum absolute atomic E-state index is 11.9. The van der Waals surface area contributed by atoms with Gasteiger partial charge < -0.3 is 15.3 Å².